The topological polar surface area (TPSA) is 52.3 Å². The minimum absolute atomic E-state index is 0.123. The van der Waals surface area contributed by atoms with Crippen LogP contribution in [0.5, 0.6) is 0 Å². The molecule has 1 fully saturated rings. The predicted molar refractivity (Wildman–Crippen MR) is 69.6 cm³/mol. The summed E-state index contributed by atoms with van der Waals surface area (Å²) in [6.07, 6.45) is 4.82. The van der Waals surface area contributed by atoms with E-state index < -0.39 is 0 Å². The Morgan fingerprint density at radius 3 is 2.35 bits per heavy atom. The largest absolute Gasteiger partial charge is 0.469 e. The summed E-state index contributed by atoms with van der Waals surface area (Å²) in [6, 6.07) is 0. The molecule has 1 rings (SSSR count). The third-order valence-corrected chi connectivity index (χ3v) is 4.40. The highest BCUT2D eigenvalue weighted by molar-refractivity contribution is 5.70. The first-order chi connectivity index (χ1) is 7.62. The van der Waals surface area contributed by atoms with Gasteiger partial charge in [-0.15, -0.1) is 0 Å². The normalized spacial score (nSPS) is 28.8. The molecule has 0 aromatic carbocycles. The van der Waals surface area contributed by atoms with Gasteiger partial charge in [0.25, 0.3) is 0 Å². The molecule has 3 heteroatoms. The Hall–Kier alpha value is -0.570. The van der Waals surface area contributed by atoms with Crippen molar-refractivity contribution in [3.63, 3.8) is 0 Å². The average Bonchev–Trinajstić information content (AvgIpc) is 2.14. The number of carbonyl (C=O) groups excluding carboxylic acids is 1. The van der Waals surface area contributed by atoms with Crippen molar-refractivity contribution in [2.45, 2.75) is 65.3 Å². The van der Waals surface area contributed by atoms with Gasteiger partial charge in [-0.1, -0.05) is 20.3 Å². The first-order valence-corrected chi connectivity index (χ1v) is 6.48. The van der Waals surface area contributed by atoms with E-state index in [-0.39, 0.29) is 22.3 Å². The van der Waals surface area contributed by atoms with Gasteiger partial charge in [0.1, 0.15) is 0 Å². The molecule has 100 valence electrons. The molecule has 0 aromatic heterocycles. The summed E-state index contributed by atoms with van der Waals surface area (Å²) in [4.78, 5) is 11.7. The number of ether oxygens (including phenoxy) is 1. The molecule has 0 radical (unpaired) electrons. The van der Waals surface area contributed by atoms with Gasteiger partial charge < -0.3 is 10.5 Å². The van der Waals surface area contributed by atoms with Gasteiger partial charge in [0.15, 0.2) is 0 Å². The highest BCUT2D eigenvalue weighted by Crippen LogP contribution is 2.52. The maximum absolute atomic E-state index is 11.7. The number of carbonyl (C=O) groups is 1. The molecule has 0 saturated heterocycles. The van der Waals surface area contributed by atoms with Crippen LogP contribution >= 0.6 is 0 Å². The Morgan fingerprint density at radius 2 is 1.94 bits per heavy atom. The van der Waals surface area contributed by atoms with Crippen LogP contribution in [0.25, 0.3) is 0 Å². The van der Waals surface area contributed by atoms with Crippen molar-refractivity contribution in [3.05, 3.63) is 0 Å². The fourth-order valence-corrected chi connectivity index (χ4v) is 3.28. The monoisotopic (exact) mass is 241 g/mol. The maximum Gasteiger partial charge on any atom is 0.306 e. The molecule has 3 nitrogen and oxygen atoms in total. The minimum atomic E-state index is -0.348. The second kappa shape index (κ2) is 4.60. The van der Waals surface area contributed by atoms with Crippen molar-refractivity contribution in [1.82, 2.24) is 0 Å². The van der Waals surface area contributed by atoms with Crippen LogP contribution in [0.4, 0.5) is 0 Å². The first kappa shape index (κ1) is 14.5. The van der Waals surface area contributed by atoms with Gasteiger partial charge in [0, 0.05) is 5.54 Å². The lowest BCUT2D eigenvalue weighted by molar-refractivity contribution is -0.146. The summed E-state index contributed by atoms with van der Waals surface area (Å²) >= 11 is 0. The number of rotatable bonds is 3. The molecule has 17 heavy (non-hydrogen) atoms. The van der Waals surface area contributed by atoms with Crippen LogP contribution in [0.1, 0.15) is 59.8 Å². The summed E-state index contributed by atoms with van der Waals surface area (Å²) in [5.74, 6) is -0.138. The van der Waals surface area contributed by atoms with Crippen molar-refractivity contribution >= 4 is 5.97 Å². The molecular formula is C14H27NO2. The fourth-order valence-electron chi connectivity index (χ4n) is 3.28. The third kappa shape index (κ3) is 3.21. The SMILES string of the molecule is COC(=O)CC1(C(C)(C)N)CCCC(C)(C)C1. The Balaban J connectivity index is 2.98. The van der Waals surface area contributed by atoms with Gasteiger partial charge in [-0.2, -0.15) is 0 Å². The van der Waals surface area contributed by atoms with E-state index in [9.17, 15) is 4.79 Å². The van der Waals surface area contributed by atoms with Gasteiger partial charge in [0.2, 0.25) is 0 Å². The molecule has 1 saturated carbocycles. The standard InChI is InChI=1S/C14H27NO2/c1-12(2)7-6-8-14(10-12,13(3,4)15)9-11(16)17-5/h6-10,15H2,1-5H3. The lowest BCUT2D eigenvalue weighted by Crippen LogP contribution is -2.55. The van der Waals surface area contributed by atoms with E-state index in [1.807, 2.05) is 13.8 Å². The molecule has 1 aliphatic rings. The van der Waals surface area contributed by atoms with Crippen molar-refractivity contribution in [1.29, 1.82) is 0 Å². The van der Waals surface area contributed by atoms with Crippen LogP contribution < -0.4 is 5.73 Å². The lowest BCUT2D eigenvalue weighted by Gasteiger charge is -2.51. The second-order valence-corrected chi connectivity index (χ2v) is 6.95. The van der Waals surface area contributed by atoms with Crippen molar-refractivity contribution in [2.24, 2.45) is 16.6 Å². The van der Waals surface area contributed by atoms with E-state index in [2.05, 4.69) is 13.8 Å². The van der Waals surface area contributed by atoms with Crippen LogP contribution in [0.15, 0.2) is 0 Å². The van der Waals surface area contributed by atoms with E-state index in [0.717, 1.165) is 19.3 Å². The lowest BCUT2D eigenvalue weighted by atomic mass is 9.55. The van der Waals surface area contributed by atoms with Gasteiger partial charge in [-0.25, -0.2) is 0 Å². The summed E-state index contributed by atoms with van der Waals surface area (Å²) < 4.78 is 4.85. The summed E-state index contributed by atoms with van der Waals surface area (Å²) in [7, 11) is 1.45. The van der Waals surface area contributed by atoms with Crippen LogP contribution in [-0.2, 0) is 9.53 Å². The molecule has 0 amide bonds. The zero-order valence-electron chi connectivity index (χ0n) is 11.9. The van der Waals surface area contributed by atoms with E-state index >= 15 is 0 Å². The predicted octanol–water partition coefficient (Wildman–Crippen LogP) is 2.87. The number of hydrogen-bond donors (Lipinski definition) is 1. The summed E-state index contributed by atoms with van der Waals surface area (Å²) in [6.45, 7) is 8.61. The highest BCUT2D eigenvalue weighted by atomic mass is 16.5. The Labute approximate surface area is 105 Å². The van der Waals surface area contributed by atoms with E-state index in [0.29, 0.717) is 6.42 Å². The molecule has 0 aromatic rings. The smallest absolute Gasteiger partial charge is 0.306 e. The molecular weight excluding hydrogens is 214 g/mol. The molecule has 1 atom stereocenters. The minimum Gasteiger partial charge on any atom is -0.469 e. The number of nitrogens with two attached hydrogens (primary N) is 1. The van der Waals surface area contributed by atoms with Crippen LogP contribution in [0, 0.1) is 10.8 Å². The van der Waals surface area contributed by atoms with Crippen LogP contribution in [0.3, 0.4) is 0 Å². The summed E-state index contributed by atoms with van der Waals surface area (Å²) in [5.41, 5.74) is 6.16. The second-order valence-electron chi connectivity index (χ2n) is 6.95. The van der Waals surface area contributed by atoms with Crippen LogP contribution in [0.2, 0.25) is 0 Å². The van der Waals surface area contributed by atoms with E-state index in [1.165, 1.54) is 13.5 Å². The zero-order chi connectivity index (χ0) is 13.3. The highest BCUT2D eigenvalue weighted by Gasteiger charge is 2.49. The molecule has 2 N–H and O–H groups in total. The van der Waals surface area contributed by atoms with Gasteiger partial charge in [0.05, 0.1) is 13.5 Å². The van der Waals surface area contributed by atoms with Gasteiger partial charge in [-0.05, 0) is 43.9 Å². The van der Waals surface area contributed by atoms with E-state index in [4.69, 9.17) is 10.5 Å². The van der Waals surface area contributed by atoms with Crippen molar-refractivity contribution < 1.29 is 9.53 Å². The Morgan fingerprint density at radius 1 is 1.35 bits per heavy atom. The third-order valence-electron chi connectivity index (χ3n) is 4.40. The van der Waals surface area contributed by atoms with E-state index in [1.54, 1.807) is 0 Å². The Bertz CT molecular complexity index is 291. The van der Waals surface area contributed by atoms with Crippen molar-refractivity contribution in [3.8, 4) is 0 Å². The maximum atomic E-state index is 11.7. The number of hydrogen-bond acceptors (Lipinski definition) is 3. The molecule has 0 aliphatic heterocycles. The molecule has 0 heterocycles. The number of esters is 1. The molecule has 1 aliphatic carbocycles. The fraction of sp³-hybridized carbons (Fsp3) is 0.929. The summed E-state index contributed by atoms with van der Waals surface area (Å²) in [5, 5.41) is 0. The zero-order valence-corrected chi connectivity index (χ0v) is 11.9. The van der Waals surface area contributed by atoms with Crippen LogP contribution in [-0.4, -0.2) is 18.6 Å². The quantitative estimate of drug-likeness (QED) is 0.773. The van der Waals surface area contributed by atoms with Gasteiger partial charge >= 0.3 is 5.97 Å². The first-order valence-electron chi connectivity index (χ1n) is 6.48. The average molecular weight is 241 g/mol. The molecule has 1 unspecified atom stereocenters. The molecule has 0 bridgehead atoms. The molecule has 0 spiro atoms. The van der Waals surface area contributed by atoms with Crippen molar-refractivity contribution in [2.75, 3.05) is 7.11 Å². The Kier molecular flexibility index (Phi) is 3.92. The van der Waals surface area contributed by atoms with Gasteiger partial charge in [-0.3, -0.25) is 4.79 Å². The number of methoxy groups -OCH3 is 1.